The van der Waals surface area contributed by atoms with E-state index < -0.39 is 0 Å². The van der Waals surface area contributed by atoms with Gasteiger partial charge in [-0.05, 0) is 49.6 Å². The van der Waals surface area contributed by atoms with Gasteiger partial charge in [-0.15, -0.1) is 0 Å². The van der Waals surface area contributed by atoms with Crippen LogP contribution in [0.5, 0.6) is 0 Å². The third-order valence-corrected chi connectivity index (χ3v) is 4.06. The molecule has 2 aromatic rings. The van der Waals surface area contributed by atoms with Gasteiger partial charge in [0.05, 0.1) is 6.04 Å². The molecule has 2 atom stereocenters. The average Bonchev–Trinajstić information content (AvgIpc) is 2.46. The molecule has 0 saturated heterocycles. The number of rotatable bonds is 5. The van der Waals surface area contributed by atoms with Gasteiger partial charge in [0.25, 0.3) is 0 Å². The number of nitrogens with zero attached hydrogens (tertiary/aromatic N) is 1. The number of anilines is 1. The van der Waals surface area contributed by atoms with Crippen LogP contribution in [0, 0.1) is 0 Å². The van der Waals surface area contributed by atoms with E-state index in [0.29, 0.717) is 0 Å². The SMILES string of the molecule is CC(N)Cc1ccccc1N(C)C(C)c1cccc(Cl)c1. The molecule has 0 aromatic heterocycles. The molecule has 112 valence electrons. The summed E-state index contributed by atoms with van der Waals surface area (Å²) in [6, 6.07) is 16.9. The Balaban J connectivity index is 2.29. The molecule has 0 spiro atoms. The van der Waals surface area contributed by atoms with Crippen molar-refractivity contribution in [2.45, 2.75) is 32.4 Å². The number of hydrogen-bond acceptors (Lipinski definition) is 2. The van der Waals surface area contributed by atoms with Gasteiger partial charge in [-0.3, -0.25) is 0 Å². The number of hydrogen-bond donors (Lipinski definition) is 1. The number of benzene rings is 2. The van der Waals surface area contributed by atoms with E-state index in [-0.39, 0.29) is 12.1 Å². The van der Waals surface area contributed by atoms with Crippen LogP contribution < -0.4 is 10.6 Å². The highest BCUT2D eigenvalue weighted by atomic mass is 35.5. The summed E-state index contributed by atoms with van der Waals surface area (Å²) in [5.74, 6) is 0. The highest BCUT2D eigenvalue weighted by Crippen LogP contribution is 2.29. The summed E-state index contributed by atoms with van der Waals surface area (Å²) in [7, 11) is 2.12. The summed E-state index contributed by atoms with van der Waals surface area (Å²) < 4.78 is 0. The molecule has 2 N–H and O–H groups in total. The van der Waals surface area contributed by atoms with E-state index in [2.05, 4.69) is 49.2 Å². The molecule has 0 aliphatic rings. The fraction of sp³-hybridized carbons (Fsp3) is 0.333. The van der Waals surface area contributed by atoms with Crippen LogP contribution in [-0.2, 0) is 6.42 Å². The second kappa shape index (κ2) is 6.97. The lowest BCUT2D eigenvalue weighted by Gasteiger charge is -2.30. The molecule has 0 radical (unpaired) electrons. The van der Waals surface area contributed by atoms with Gasteiger partial charge in [-0.25, -0.2) is 0 Å². The topological polar surface area (TPSA) is 29.3 Å². The van der Waals surface area contributed by atoms with Gasteiger partial charge in [0.1, 0.15) is 0 Å². The minimum Gasteiger partial charge on any atom is -0.368 e. The minimum atomic E-state index is 0.154. The van der Waals surface area contributed by atoms with Gasteiger partial charge in [-0.1, -0.05) is 41.9 Å². The normalized spacial score (nSPS) is 13.8. The van der Waals surface area contributed by atoms with Gasteiger partial charge in [0.15, 0.2) is 0 Å². The molecule has 2 nitrogen and oxygen atoms in total. The summed E-state index contributed by atoms with van der Waals surface area (Å²) in [6.07, 6.45) is 0.878. The maximum atomic E-state index is 6.10. The molecule has 21 heavy (non-hydrogen) atoms. The molecule has 0 saturated carbocycles. The van der Waals surface area contributed by atoms with Crippen LogP contribution in [0.4, 0.5) is 5.69 Å². The quantitative estimate of drug-likeness (QED) is 0.885. The first-order chi connectivity index (χ1) is 9.99. The number of para-hydroxylation sites is 1. The Kier molecular flexibility index (Phi) is 5.27. The van der Waals surface area contributed by atoms with Crippen molar-refractivity contribution >= 4 is 17.3 Å². The van der Waals surface area contributed by atoms with E-state index in [0.717, 1.165) is 11.4 Å². The zero-order valence-electron chi connectivity index (χ0n) is 12.9. The summed E-state index contributed by atoms with van der Waals surface area (Å²) in [6.45, 7) is 4.23. The molecule has 0 amide bonds. The molecule has 2 aromatic carbocycles. The van der Waals surface area contributed by atoms with Crippen molar-refractivity contribution in [3.05, 3.63) is 64.7 Å². The van der Waals surface area contributed by atoms with Crippen molar-refractivity contribution in [2.24, 2.45) is 5.73 Å². The standard InChI is InChI=1S/C18H23ClN2/c1-13(20)11-16-7-4-5-10-18(16)21(3)14(2)15-8-6-9-17(19)12-15/h4-10,12-14H,11,20H2,1-3H3. The van der Waals surface area contributed by atoms with Crippen LogP contribution in [-0.4, -0.2) is 13.1 Å². The van der Waals surface area contributed by atoms with Gasteiger partial charge in [0.2, 0.25) is 0 Å². The first kappa shape index (κ1) is 15.9. The second-order valence-electron chi connectivity index (χ2n) is 5.65. The van der Waals surface area contributed by atoms with Crippen molar-refractivity contribution < 1.29 is 0 Å². The van der Waals surface area contributed by atoms with Crippen LogP contribution >= 0.6 is 11.6 Å². The molecular formula is C18H23ClN2. The smallest absolute Gasteiger partial charge is 0.0511 e. The lowest BCUT2D eigenvalue weighted by molar-refractivity contribution is 0.710. The summed E-state index contributed by atoms with van der Waals surface area (Å²) in [5.41, 5.74) is 9.68. The highest BCUT2D eigenvalue weighted by molar-refractivity contribution is 6.30. The first-order valence-electron chi connectivity index (χ1n) is 7.31. The zero-order valence-corrected chi connectivity index (χ0v) is 13.6. The fourth-order valence-electron chi connectivity index (χ4n) is 2.57. The summed E-state index contributed by atoms with van der Waals surface area (Å²) in [4.78, 5) is 2.28. The maximum Gasteiger partial charge on any atom is 0.0511 e. The monoisotopic (exact) mass is 302 g/mol. The van der Waals surface area contributed by atoms with Gasteiger partial charge >= 0.3 is 0 Å². The number of halogens is 1. The lowest BCUT2D eigenvalue weighted by atomic mass is 10.0. The predicted molar refractivity (Wildman–Crippen MR) is 92.1 cm³/mol. The Bertz CT molecular complexity index is 595. The summed E-state index contributed by atoms with van der Waals surface area (Å²) >= 11 is 6.10. The third-order valence-electron chi connectivity index (χ3n) is 3.83. The van der Waals surface area contributed by atoms with Gasteiger partial charge < -0.3 is 10.6 Å². The number of nitrogens with two attached hydrogens (primary N) is 1. The molecule has 3 heteroatoms. The molecule has 2 unspecified atom stereocenters. The molecule has 0 fully saturated rings. The van der Waals surface area contributed by atoms with Crippen molar-refractivity contribution in [1.82, 2.24) is 0 Å². The fourth-order valence-corrected chi connectivity index (χ4v) is 2.77. The van der Waals surface area contributed by atoms with E-state index in [4.69, 9.17) is 17.3 Å². The Morgan fingerprint density at radius 1 is 1.10 bits per heavy atom. The van der Waals surface area contributed by atoms with E-state index in [1.54, 1.807) is 0 Å². The predicted octanol–water partition coefficient (Wildman–Crippen LogP) is 4.43. The van der Waals surface area contributed by atoms with Gasteiger partial charge in [0, 0.05) is 23.8 Å². The second-order valence-corrected chi connectivity index (χ2v) is 6.09. The minimum absolute atomic E-state index is 0.154. The van der Waals surface area contributed by atoms with E-state index >= 15 is 0 Å². The largest absolute Gasteiger partial charge is 0.368 e. The third kappa shape index (κ3) is 3.99. The van der Waals surface area contributed by atoms with Crippen LogP contribution in [0.2, 0.25) is 5.02 Å². The van der Waals surface area contributed by atoms with E-state index in [9.17, 15) is 0 Å². The average molecular weight is 303 g/mol. The molecule has 0 bridgehead atoms. The Morgan fingerprint density at radius 2 is 1.81 bits per heavy atom. The molecule has 0 heterocycles. The van der Waals surface area contributed by atoms with Crippen LogP contribution in [0.15, 0.2) is 48.5 Å². The molecule has 2 rings (SSSR count). The van der Waals surface area contributed by atoms with Crippen LogP contribution in [0.1, 0.15) is 31.0 Å². The Hall–Kier alpha value is -1.51. The Labute approximate surface area is 132 Å². The van der Waals surface area contributed by atoms with Crippen LogP contribution in [0.25, 0.3) is 0 Å². The van der Waals surface area contributed by atoms with E-state index in [1.807, 2.05) is 25.1 Å². The lowest BCUT2D eigenvalue weighted by Crippen LogP contribution is -2.25. The molecule has 0 aliphatic heterocycles. The molecular weight excluding hydrogens is 280 g/mol. The van der Waals surface area contributed by atoms with Crippen molar-refractivity contribution in [1.29, 1.82) is 0 Å². The van der Waals surface area contributed by atoms with Crippen molar-refractivity contribution in [3.63, 3.8) is 0 Å². The van der Waals surface area contributed by atoms with Crippen molar-refractivity contribution in [3.8, 4) is 0 Å². The van der Waals surface area contributed by atoms with Gasteiger partial charge in [-0.2, -0.15) is 0 Å². The Morgan fingerprint density at radius 3 is 2.48 bits per heavy atom. The van der Waals surface area contributed by atoms with E-state index in [1.165, 1.54) is 16.8 Å². The highest BCUT2D eigenvalue weighted by Gasteiger charge is 2.15. The summed E-state index contributed by atoms with van der Waals surface area (Å²) in [5, 5.41) is 0.775. The van der Waals surface area contributed by atoms with Crippen LogP contribution in [0.3, 0.4) is 0 Å². The maximum absolute atomic E-state index is 6.10. The molecule has 0 aliphatic carbocycles. The van der Waals surface area contributed by atoms with Crippen molar-refractivity contribution in [2.75, 3.05) is 11.9 Å². The first-order valence-corrected chi connectivity index (χ1v) is 7.68. The zero-order chi connectivity index (χ0) is 15.4.